The number of para-hydroxylation sites is 3. The standard InChI is InChI=1S/C59H44BN3S/c64-46-30-32-54(51(36-46)38-15-4-1-5-16-38)61-37-42-28-29-45(63(43-19-6-2-7-20-43)44-21-8-3-9-22-44)35-53-56-41(33-40-18-11-13-24-48(40)56)34-52(58(53)60-42)49-25-14-26-50-57-47-23-12-10-17-39(47)27-31-55(57)62-59(49)50/h1-27,30-32,34-37,60-62,64H,28-29,33H2/b42-37-,45-35+. The Labute approximate surface area is 380 Å². The molecule has 0 atom stereocenters. The third-order valence-electron chi connectivity index (χ3n) is 13.3. The molecular weight excluding hydrogens is 794 g/mol. The van der Waals surface area contributed by atoms with Crippen LogP contribution in [0.1, 0.15) is 29.5 Å². The predicted octanol–water partition coefficient (Wildman–Crippen LogP) is 14.7. The molecule has 1 aliphatic carbocycles. The van der Waals surface area contributed by atoms with Gasteiger partial charge in [0.1, 0.15) is 0 Å². The first-order chi connectivity index (χ1) is 31.6. The zero-order valence-electron chi connectivity index (χ0n) is 35.4. The number of hydrogen-bond acceptors (Lipinski definition) is 3. The normalized spacial score (nSPS) is 14.6. The van der Waals surface area contributed by atoms with Gasteiger partial charge in [-0.15, -0.1) is 12.6 Å². The van der Waals surface area contributed by atoms with Crippen LogP contribution in [0.5, 0.6) is 0 Å². The third-order valence-corrected chi connectivity index (χ3v) is 13.6. The molecule has 0 bridgehead atoms. The Morgan fingerprint density at radius 1 is 0.578 bits per heavy atom. The quantitative estimate of drug-likeness (QED) is 0.110. The lowest BCUT2D eigenvalue weighted by molar-refractivity contribution is 0.926. The molecule has 0 unspecified atom stereocenters. The lowest BCUT2D eigenvalue weighted by Crippen LogP contribution is -2.28. The van der Waals surface area contributed by atoms with E-state index in [1.165, 1.54) is 82.6 Å². The van der Waals surface area contributed by atoms with E-state index in [9.17, 15) is 0 Å². The van der Waals surface area contributed by atoms with Gasteiger partial charge in [0.25, 0.3) is 0 Å². The summed E-state index contributed by atoms with van der Waals surface area (Å²) in [5, 5.41) is 8.91. The Bertz CT molecular complexity index is 3440. The van der Waals surface area contributed by atoms with E-state index < -0.39 is 0 Å². The summed E-state index contributed by atoms with van der Waals surface area (Å²) in [6, 6.07) is 70.4. The smallest absolute Gasteiger partial charge is 0.190 e. The van der Waals surface area contributed by atoms with E-state index in [1.54, 1.807) is 0 Å². The topological polar surface area (TPSA) is 31.1 Å². The molecule has 12 rings (SSSR count). The largest absolute Gasteiger partial charge is 0.362 e. The Morgan fingerprint density at radius 2 is 1.28 bits per heavy atom. The van der Waals surface area contributed by atoms with Crippen molar-refractivity contribution in [3.05, 3.63) is 228 Å². The van der Waals surface area contributed by atoms with Crippen molar-refractivity contribution in [2.45, 2.75) is 24.2 Å². The summed E-state index contributed by atoms with van der Waals surface area (Å²) in [6.45, 7) is 0. The van der Waals surface area contributed by atoms with Crippen LogP contribution in [0.15, 0.2) is 216 Å². The summed E-state index contributed by atoms with van der Waals surface area (Å²) in [6.07, 6.45) is 7.46. The van der Waals surface area contributed by atoms with Gasteiger partial charge in [-0.3, -0.25) is 0 Å². The van der Waals surface area contributed by atoms with Gasteiger partial charge in [-0.1, -0.05) is 157 Å². The van der Waals surface area contributed by atoms with Gasteiger partial charge >= 0.3 is 0 Å². The SMILES string of the molecule is Sc1ccc(N/C=C2\Bc3c(-c4cccc5c4[nH]c4ccc6ccccc6c45)cc4c(c3/C=C(/N(c3ccccc3)c3ccccc3)CC2)-c2ccccc2C4)c(-c2ccccc2)c1. The number of nitrogens with one attached hydrogen (secondary N) is 2. The molecule has 304 valence electrons. The summed E-state index contributed by atoms with van der Waals surface area (Å²) in [4.78, 5) is 7.37. The van der Waals surface area contributed by atoms with Crippen molar-refractivity contribution in [3.8, 4) is 33.4 Å². The molecule has 1 aromatic heterocycles. The van der Waals surface area contributed by atoms with Crippen LogP contribution < -0.4 is 15.7 Å². The summed E-state index contributed by atoms with van der Waals surface area (Å²) in [5.41, 5.74) is 21.2. The number of rotatable bonds is 7. The number of aromatic nitrogens is 1. The van der Waals surface area contributed by atoms with Crippen LogP contribution in [0.2, 0.25) is 0 Å². The van der Waals surface area contributed by atoms with E-state index in [1.807, 2.05) is 0 Å². The molecule has 0 saturated heterocycles. The molecule has 2 aliphatic rings. The van der Waals surface area contributed by atoms with Crippen molar-refractivity contribution in [1.29, 1.82) is 0 Å². The first-order valence-corrected chi connectivity index (χ1v) is 22.7. The second-order valence-electron chi connectivity index (χ2n) is 17.1. The first-order valence-electron chi connectivity index (χ1n) is 22.3. The zero-order chi connectivity index (χ0) is 42.6. The fraction of sp³-hybridized carbons (Fsp3) is 0.0508. The number of anilines is 3. The molecule has 0 amide bonds. The fourth-order valence-corrected chi connectivity index (χ4v) is 10.6. The number of benzene rings is 9. The van der Waals surface area contributed by atoms with Crippen molar-refractivity contribution >= 4 is 81.1 Å². The van der Waals surface area contributed by atoms with Gasteiger partial charge in [-0.05, 0) is 130 Å². The molecular formula is C59H44BN3S. The van der Waals surface area contributed by atoms with Crippen LogP contribution in [0, 0.1) is 0 Å². The highest BCUT2D eigenvalue weighted by molar-refractivity contribution is 7.80. The van der Waals surface area contributed by atoms with Crippen LogP contribution in [0.3, 0.4) is 0 Å². The minimum absolute atomic E-state index is 0.790. The molecule has 1 aliphatic heterocycles. The number of H-pyrrole nitrogens is 1. The Hall–Kier alpha value is -7.47. The van der Waals surface area contributed by atoms with Crippen LogP contribution in [-0.4, -0.2) is 12.3 Å². The molecule has 0 spiro atoms. The number of nitrogens with zero attached hydrogens (tertiary/aromatic N) is 1. The molecule has 0 fully saturated rings. The van der Waals surface area contributed by atoms with Crippen molar-refractivity contribution in [2.24, 2.45) is 0 Å². The highest BCUT2D eigenvalue weighted by Gasteiger charge is 2.29. The Morgan fingerprint density at radius 3 is 2.09 bits per heavy atom. The molecule has 10 aromatic rings. The van der Waals surface area contributed by atoms with E-state index in [2.05, 4.69) is 222 Å². The Kier molecular flexibility index (Phi) is 9.57. The van der Waals surface area contributed by atoms with Gasteiger partial charge in [-0.25, -0.2) is 0 Å². The maximum Gasteiger partial charge on any atom is 0.190 e. The second-order valence-corrected chi connectivity index (χ2v) is 17.6. The maximum atomic E-state index is 4.77. The fourth-order valence-electron chi connectivity index (χ4n) is 10.4. The van der Waals surface area contributed by atoms with Crippen LogP contribution >= 0.6 is 12.6 Å². The van der Waals surface area contributed by atoms with Gasteiger partial charge in [0, 0.05) is 55.1 Å². The van der Waals surface area contributed by atoms with Crippen molar-refractivity contribution < 1.29 is 0 Å². The van der Waals surface area contributed by atoms with Gasteiger partial charge < -0.3 is 15.2 Å². The van der Waals surface area contributed by atoms with Gasteiger partial charge in [0.2, 0.25) is 0 Å². The van der Waals surface area contributed by atoms with E-state index in [0.29, 0.717) is 0 Å². The zero-order valence-corrected chi connectivity index (χ0v) is 36.2. The molecule has 5 heteroatoms. The second kappa shape index (κ2) is 16.0. The van der Waals surface area contributed by atoms with Crippen LogP contribution in [-0.2, 0) is 6.42 Å². The Balaban J connectivity index is 1.12. The first kappa shape index (κ1) is 38.2. The molecule has 64 heavy (non-hydrogen) atoms. The van der Waals surface area contributed by atoms with Crippen molar-refractivity contribution in [2.75, 3.05) is 10.2 Å². The van der Waals surface area contributed by atoms with Crippen molar-refractivity contribution in [3.63, 3.8) is 0 Å². The van der Waals surface area contributed by atoms with E-state index in [-0.39, 0.29) is 0 Å². The van der Waals surface area contributed by atoms with Gasteiger partial charge in [0.05, 0.1) is 5.52 Å². The molecule has 9 aromatic carbocycles. The summed E-state index contributed by atoms with van der Waals surface area (Å²) >= 11 is 4.77. The summed E-state index contributed by atoms with van der Waals surface area (Å²) in [7, 11) is 0.790. The van der Waals surface area contributed by atoms with E-state index >= 15 is 0 Å². The minimum atomic E-state index is 0.790. The highest BCUT2D eigenvalue weighted by Crippen LogP contribution is 2.45. The molecule has 0 saturated carbocycles. The molecule has 2 N–H and O–H groups in total. The van der Waals surface area contributed by atoms with Crippen LogP contribution in [0.25, 0.3) is 72.0 Å². The van der Waals surface area contributed by atoms with Crippen LogP contribution in [0.4, 0.5) is 17.1 Å². The number of thiol groups is 1. The lowest BCUT2D eigenvalue weighted by Gasteiger charge is -2.31. The number of aromatic amines is 1. The molecule has 3 nitrogen and oxygen atoms in total. The third kappa shape index (κ3) is 6.72. The molecule has 2 heterocycles. The minimum Gasteiger partial charge on any atom is -0.362 e. The van der Waals surface area contributed by atoms with Gasteiger partial charge in [-0.2, -0.15) is 0 Å². The van der Waals surface area contributed by atoms with Crippen molar-refractivity contribution in [1.82, 2.24) is 4.98 Å². The number of hydrogen-bond donors (Lipinski definition) is 3. The average Bonchev–Trinajstić information content (AvgIpc) is 3.92. The van der Waals surface area contributed by atoms with E-state index in [0.717, 1.165) is 65.1 Å². The monoisotopic (exact) mass is 837 g/mol. The maximum absolute atomic E-state index is 4.77. The highest BCUT2D eigenvalue weighted by atomic mass is 32.1. The summed E-state index contributed by atoms with van der Waals surface area (Å²) < 4.78 is 0. The average molecular weight is 838 g/mol. The van der Waals surface area contributed by atoms with Gasteiger partial charge in [0.15, 0.2) is 7.28 Å². The molecule has 0 radical (unpaired) electrons. The predicted molar refractivity (Wildman–Crippen MR) is 277 cm³/mol. The lowest BCUT2D eigenvalue weighted by atomic mass is 9.57. The number of allylic oxidation sites excluding steroid dienone is 2. The van der Waals surface area contributed by atoms with E-state index in [4.69, 9.17) is 12.6 Å². The summed E-state index contributed by atoms with van der Waals surface area (Å²) in [5.74, 6) is 0. The number of fused-ring (bicyclic) bond motifs is 10.